The molecule has 0 saturated heterocycles. The van der Waals surface area contributed by atoms with Gasteiger partial charge >= 0.3 is 0 Å². The number of hydrogen-bond acceptors (Lipinski definition) is 4. The third-order valence-corrected chi connectivity index (χ3v) is 8.15. The van der Waals surface area contributed by atoms with Gasteiger partial charge in [0.15, 0.2) is 4.80 Å². The van der Waals surface area contributed by atoms with Crippen LogP contribution in [0.15, 0.2) is 88.2 Å². The van der Waals surface area contributed by atoms with Gasteiger partial charge in [0.05, 0.1) is 23.4 Å². The molecule has 0 unspecified atom stereocenters. The minimum Gasteiger partial charge on any atom is -0.497 e. The molecule has 0 spiro atoms. The van der Waals surface area contributed by atoms with Crippen LogP contribution in [0.1, 0.15) is 34.7 Å². The first-order chi connectivity index (χ1) is 16.6. The Kier molecular flexibility index (Phi) is 5.50. The van der Waals surface area contributed by atoms with Gasteiger partial charge in [0.2, 0.25) is 0 Å². The van der Waals surface area contributed by atoms with E-state index in [-0.39, 0.29) is 11.6 Å². The number of nitrogens with zero attached hydrogens (tertiary/aromatic N) is 2. The molecule has 4 nitrogen and oxygen atoms in total. The molecule has 34 heavy (non-hydrogen) atoms. The zero-order chi connectivity index (χ0) is 23.2. The predicted octanol–water partition coefficient (Wildman–Crippen LogP) is 4.93. The van der Waals surface area contributed by atoms with Gasteiger partial charge in [0, 0.05) is 9.13 Å². The molecule has 168 valence electrons. The molecule has 6 heteroatoms. The minimum absolute atomic E-state index is 0.000489. The zero-order valence-corrected chi connectivity index (χ0v) is 21.5. The summed E-state index contributed by atoms with van der Waals surface area (Å²) in [6, 6.07) is 24.5. The van der Waals surface area contributed by atoms with Crippen LogP contribution in [-0.2, 0) is 6.42 Å². The molecule has 0 N–H and O–H groups in total. The van der Waals surface area contributed by atoms with E-state index in [0.29, 0.717) is 4.53 Å². The second kappa shape index (κ2) is 8.67. The molecule has 2 aliphatic rings. The molecule has 0 fully saturated rings. The fraction of sp³-hybridized carbons (Fsp3) is 0.143. The number of allylic oxidation sites excluding steroid dienone is 1. The van der Waals surface area contributed by atoms with Crippen molar-refractivity contribution in [1.82, 2.24) is 4.57 Å². The van der Waals surface area contributed by atoms with E-state index in [1.807, 2.05) is 41.0 Å². The SMILES string of the molecule is COc1cccc([C@@H]2C3=C(N=c4s/c(=C/c5ccc(I)cc5)c(=O)n42)c2ccccc2CC3)c1. The molecule has 1 atom stereocenters. The highest BCUT2D eigenvalue weighted by molar-refractivity contribution is 14.1. The number of hydrogen-bond donors (Lipinski definition) is 0. The first-order valence-corrected chi connectivity index (χ1v) is 13.0. The lowest BCUT2D eigenvalue weighted by atomic mass is 9.83. The van der Waals surface area contributed by atoms with Gasteiger partial charge in [0.1, 0.15) is 5.75 Å². The van der Waals surface area contributed by atoms with Crippen LogP contribution in [-0.4, -0.2) is 11.7 Å². The van der Waals surface area contributed by atoms with Gasteiger partial charge in [-0.15, -0.1) is 0 Å². The van der Waals surface area contributed by atoms with E-state index in [4.69, 9.17) is 9.73 Å². The Bertz CT molecular complexity index is 1630. The number of aromatic nitrogens is 1. The summed E-state index contributed by atoms with van der Waals surface area (Å²) in [5.41, 5.74) is 6.75. The normalized spacial score (nSPS) is 17.0. The highest BCUT2D eigenvalue weighted by Crippen LogP contribution is 2.41. The Hall–Kier alpha value is -2.97. The van der Waals surface area contributed by atoms with Crippen molar-refractivity contribution in [2.75, 3.05) is 7.11 Å². The van der Waals surface area contributed by atoms with Crippen molar-refractivity contribution in [3.05, 3.63) is 124 Å². The Morgan fingerprint density at radius 1 is 1.06 bits per heavy atom. The number of halogens is 1. The Morgan fingerprint density at radius 3 is 2.71 bits per heavy atom. The van der Waals surface area contributed by atoms with E-state index in [1.54, 1.807) is 7.11 Å². The quantitative estimate of drug-likeness (QED) is 0.325. The topological polar surface area (TPSA) is 43.6 Å². The lowest BCUT2D eigenvalue weighted by molar-refractivity contribution is 0.413. The van der Waals surface area contributed by atoms with Gasteiger partial charge in [-0.1, -0.05) is 59.9 Å². The third-order valence-electron chi connectivity index (χ3n) is 6.45. The monoisotopic (exact) mass is 576 g/mol. The summed E-state index contributed by atoms with van der Waals surface area (Å²) in [5, 5.41) is 0. The maximum Gasteiger partial charge on any atom is 0.271 e. The minimum atomic E-state index is -0.200. The predicted molar refractivity (Wildman–Crippen MR) is 145 cm³/mol. The Morgan fingerprint density at radius 2 is 1.88 bits per heavy atom. The van der Waals surface area contributed by atoms with E-state index in [2.05, 4.69) is 65.1 Å². The summed E-state index contributed by atoms with van der Waals surface area (Å²) in [4.78, 5) is 19.6. The lowest BCUT2D eigenvalue weighted by Crippen LogP contribution is -2.38. The molecule has 1 aromatic heterocycles. The van der Waals surface area contributed by atoms with Crippen LogP contribution >= 0.6 is 33.9 Å². The van der Waals surface area contributed by atoms with E-state index >= 15 is 0 Å². The van der Waals surface area contributed by atoms with Gasteiger partial charge < -0.3 is 4.74 Å². The van der Waals surface area contributed by atoms with Crippen LogP contribution in [0.25, 0.3) is 11.8 Å². The van der Waals surface area contributed by atoms with Crippen LogP contribution < -0.4 is 19.6 Å². The molecule has 4 aromatic rings. The molecular weight excluding hydrogens is 555 g/mol. The van der Waals surface area contributed by atoms with E-state index in [1.165, 1.54) is 31.6 Å². The van der Waals surface area contributed by atoms with Gasteiger partial charge in [-0.05, 0) is 88.0 Å². The van der Waals surface area contributed by atoms with Crippen LogP contribution in [0, 0.1) is 3.57 Å². The van der Waals surface area contributed by atoms with E-state index in [9.17, 15) is 4.79 Å². The molecule has 1 aliphatic heterocycles. The average molecular weight is 576 g/mol. The summed E-state index contributed by atoms with van der Waals surface area (Å²) >= 11 is 3.75. The molecule has 0 bridgehead atoms. The van der Waals surface area contributed by atoms with Gasteiger partial charge in [0.25, 0.3) is 5.56 Å². The standard InChI is InChI=1S/C28H21IN2O2S/c1-33-21-7-4-6-19(16-21)26-23-14-11-18-5-2-3-8-22(18)25(23)30-28-31(26)27(32)24(34-28)15-17-9-12-20(29)13-10-17/h2-10,12-13,15-16,26H,11,14H2,1H3/b24-15+/t26-/m1/s1. The molecule has 2 heterocycles. The molecule has 6 rings (SSSR count). The number of methoxy groups -OCH3 is 1. The highest BCUT2D eigenvalue weighted by atomic mass is 127. The number of thiazole rings is 1. The Labute approximate surface area is 214 Å². The molecule has 0 amide bonds. The third kappa shape index (κ3) is 3.65. The maximum atomic E-state index is 13.8. The van der Waals surface area contributed by atoms with Gasteiger partial charge in [-0.3, -0.25) is 9.36 Å². The van der Waals surface area contributed by atoms with Gasteiger partial charge in [-0.2, -0.15) is 0 Å². The van der Waals surface area contributed by atoms with Crippen LogP contribution in [0.3, 0.4) is 0 Å². The molecular formula is C28H21IN2O2S. The molecule has 0 radical (unpaired) electrons. The largest absolute Gasteiger partial charge is 0.497 e. The second-order valence-corrected chi connectivity index (χ2v) is 10.7. The van der Waals surface area contributed by atoms with Crippen molar-refractivity contribution >= 4 is 45.7 Å². The first kappa shape index (κ1) is 21.6. The van der Waals surface area contributed by atoms with Crippen molar-refractivity contribution in [3.8, 4) is 5.75 Å². The van der Waals surface area contributed by atoms with Crippen molar-refractivity contribution in [1.29, 1.82) is 0 Å². The summed E-state index contributed by atoms with van der Waals surface area (Å²) in [6.07, 6.45) is 3.79. The second-order valence-electron chi connectivity index (χ2n) is 8.44. The van der Waals surface area contributed by atoms with Crippen LogP contribution in [0.4, 0.5) is 0 Å². The van der Waals surface area contributed by atoms with Crippen molar-refractivity contribution in [2.24, 2.45) is 4.99 Å². The fourth-order valence-electron chi connectivity index (χ4n) is 4.84. The van der Waals surface area contributed by atoms with Crippen LogP contribution in [0.2, 0.25) is 0 Å². The lowest BCUT2D eigenvalue weighted by Gasteiger charge is -2.31. The van der Waals surface area contributed by atoms with E-state index in [0.717, 1.165) is 40.2 Å². The summed E-state index contributed by atoms with van der Waals surface area (Å²) in [6.45, 7) is 0. The Balaban J connectivity index is 1.62. The smallest absolute Gasteiger partial charge is 0.271 e. The number of fused-ring (bicyclic) bond motifs is 3. The number of benzene rings is 3. The number of ether oxygens (including phenoxy) is 1. The van der Waals surface area contributed by atoms with Gasteiger partial charge in [-0.25, -0.2) is 4.99 Å². The maximum absolute atomic E-state index is 13.8. The van der Waals surface area contributed by atoms with Crippen molar-refractivity contribution in [2.45, 2.75) is 18.9 Å². The van der Waals surface area contributed by atoms with Crippen LogP contribution in [0.5, 0.6) is 5.75 Å². The summed E-state index contributed by atoms with van der Waals surface area (Å²) in [7, 11) is 1.67. The molecule has 3 aromatic carbocycles. The number of rotatable bonds is 3. The fourth-order valence-corrected chi connectivity index (χ4v) is 6.20. The molecule has 0 saturated carbocycles. The van der Waals surface area contributed by atoms with Crippen molar-refractivity contribution in [3.63, 3.8) is 0 Å². The first-order valence-electron chi connectivity index (χ1n) is 11.1. The summed E-state index contributed by atoms with van der Waals surface area (Å²) < 4.78 is 9.26. The molecule has 1 aliphatic carbocycles. The average Bonchev–Trinajstić information content (AvgIpc) is 3.18. The zero-order valence-electron chi connectivity index (χ0n) is 18.5. The highest BCUT2D eigenvalue weighted by Gasteiger charge is 2.32. The number of aryl methyl sites for hydroxylation is 1. The van der Waals surface area contributed by atoms with Crippen molar-refractivity contribution < 1.29 is 4.74 Å². The summed E-state index contributed by atoms with van der Waals surface area (Å²) in [5.74, 6) is 0.786. The van der Waals surface area contributed by atoms with E-state index < -0.39 is 0 Å².